The first-order valence-electron chi connectivity index (χ1n) is 9.77. The summed E-state index contributed by atoms with van der Waals surface area (Å²) in [5.74, 6) is 0.0758. The first-order chi connectivity index (χ1) is 14.5. The molecule has 0 spiro atoms. The van der Waals surface area contributed by atoms with Crippen molar-refractivity contribution >= 4 is 11.6 Å². The van der Waals surface area contributed by atoms with Gasteiger partial charge in [-0.1, -0.05) is 26.0 Å². The molecule has 0 radical (unpaired) electrons. The second kappa shape index (κ2) is 8.79. The van der Waals surface area contributed by atoms with E-state index in [1.807, 2.05) is 13.8 Å². The minimum absolute atomic E-state index is 0.105. The fourth-order valence-corrected chi connectivity index (χ4v) is 2.70. The smallest absolute Gasteiger partial charge is 0.416 e. The van der Waals surface area contributed by atoms with Crippen LogP contribution in [-0.4, -0.2) is 26.8 Å². The van der Waals surface area contributed by atoms with Crippen LogP contribution in [0.4, 0.5) is 18.9 Å². The van der Waals surface area contributed by atoms with Crippen molar-refractivity contribution in [3.8, 4) is 23.1 Å². The highest BCUT2D eigenvalue weighted by Crippen LogP contribution is 2.31. The van der Waals surface area contributed by atoms with Gasteiger partial charge < -0.3 is 10.1 Å². The van der Waals surface area contributed by atoms with E-state index in [0.29, 0.717) is 22.8 Å². The Balaban J connectivity index is 1.97. The molecule has 0 saturated carbocycles. The van der Waals surface area contributed by atoms with E-state index < -0.39 is 11.7 Å². The van der Waals surface area contributed by atoms with Crippen LogP contribution >= 0.6 is 0 Å². The Morgan fingerprint density at radius 1 is 1.00 bits per heavy atom. The lowest BCUT2D eigenvalue weighted by molar-refractivity contribution is -0.137. The fraction of sp³-hybridized carbons (Fsp3) is 0.318. The predicted molar refractivity (Wildman–Crippen MR) is 111 cm³/mol. The monoisotopic (exact) mass is 432 g/mol. The number of halogens is 3. The van der Waals surface area contributed by atoms with Crippen LogP contribution in [0.1, 0.15) is 33.3 Å². The van der Waals surface area contributed by atoms with Gasteiger partial charge in [0.2, 0.25) is 5.91 Å². The number of hydrogen-bond acceptors (Lipinski definition) is 4. The van der Waals surface area contributed by atoms with E-state index in [-0.39, 0.29) is 23.9 Å². The number of benzene rings is 2. The molecule has 0 aliphatic rings. The standard InChI is InChI=1S/C22H23F3N4O2/c1-13(2)20(30)26-17-9-11-18(12-10-17)29-19(27-21(28-29)31-14(3)4)15-5-7-16(8-6-15)22(23,24)25/h5-14H,1-4H3,(H,26,30). The highest BCUT2D eigenvalue weighted by atomic mass is 19.4. The van der Waals surface area contributed by atoms with Crippen LogP contribution in [0.5, 0.6) is 6.01 Å². The van der Waals surface area contributed by atoms with Crippen LogP contribution in [0.15, 0.2) is 48.5 Å². The van der Waals surface area contributed by atoms with Gasteiger partial charge in [0.15, 0.2) is 5.82 Å². The van der Waals surface area contributed by atoms with Crippen molar-refractivity contribution in [2.75, 3.05) is 5.32 Å². The van der Waals surface area contributed by atoms with Gasteiger partial charge in [-0.2, -0.15) is 18.2 Å². The second-order valence-corrected chi connectivity index (χ2v) is 7.56. The summed E-state index contributed by atoms with van der Waals surface area (Å²) in [6.45, 7) is 7.24. The van der Waals surface area contributed by atoms with E-state index in [2.05, 4.69) is 15.4 Å². The molecule has 0 unspecified atom stereocenters. The molecule has 9 heteroatoms. The SMILES string of the molecule is CC(C)Oc1nc(-c2ccc(C(F)(F)F)cc2)n(-c2ccc(NC(=O)C(C)C)cc2)n1. The van der Waals surface area contributed by atoms with Gasteiger partial charge in [-0.15, -0.1) is 5.10 Å². The van der Waals surface area contributed by atoms with Crippen molar-refractivity contribution in [3.05, 3.63) is 54.1 Å². The minimum atomic E-state index is -4.42. The highest BCUT2D eigenvalue weighted by molar-refractivity contribution is 5.92. The number of amides is 1. The molecule has 164 valence electrons. The molecule has 3 rings (SSSR count). The Labute approximate surface area is 178 Å². The van der Waals surface area contributed by atoms with Crippen LogP contribution in [0.3, 0.4) is 0 Å². The van der Waals surface area contributed by atoms with Crippen molar-refractivity contribution in [1.29, 1.82) is 0 Å². The Morgan fingerprint density at radius 2 is 1.61 bits per heavy atom. The third kappa shape index (κ3) is 5.42. The van der Waals surface area contributed by atoms with Gasteiger partial charge in [-0.3, -0.25) is 4.79 Å². The van der Waals surface area contributed by atoms with Crippen molar-refractivity contribution in [3.63, 3.8) is 0 Å². The Kier molecular flexibility index (Phi) is 6.33. The molecule has 0 fully saturated rings. The molecule has 0 atom stereocenters. The summed E-state index contributed by atoms with van der Waals surface area (Å²) < 4.78 is 45.8. The lowest BCUT2D eigenvalue weighted by atomic mass is 10.1. The van der Waals surface area contributed by atoms with Crippen LogP contribution in [0.2, 0.25) is 0 Å². The Morgan fingerprint density at radius 3 is 2.13 bits per heavy atom. The number of ether oxygens (including phenoxy) is 1. The fourth-order valence-electron chi connectivity index (χ4n) is 2.70. The van der Waals surface area contributed by atoms with Crippen molar-refractivity contribution in [2.24, 2.45) is 5.92 Å². The molecule has 2 aromatic carbocycles. The van der Waals surface area contributed by atoms with E-state index in [0.717, 1.165) is 12.1 Å². The third-order valence-electron chi connectivity index (χ3n) is 4.30. The topological polar surface area (TPSA) is 69.0 Å². The molecular weight excluding hydrogens is 409 g/mol. The van der Waals surface area contributed by atoms with Gasteiger partial charge in [0.25, 0.3) is 0 Å². The van der Waals surface area contributed by atoms with Gasteiger partial charge in [0.1, 0.15) is 0 Å². The third-order valence-corrected chi connectivity index (χ3v) is 4.30. The summed E-state index contributed by atoms with van der Waals surface area (Å²) in [5, 5.41) is 7.16. The first kappa shape index (κ1) is 22.3. The molecule has 1 N–H and O–H groups in total. The maximum absolute atomic E-state index is 12.9. The number of rotatable bonds is 6. The van der Waals surface area contributed by atoms with Crippen LogP contribution < -0.4 is 10.1 Å². The Bertz CT molecular complexity index is 1040. The number of carbonyl (C=O) groups excluding carboxylic acids is 1. The maximum Gasteiger partial charge on any atom is 0.416 e. The molecule has 1 amide bonds. The molecule has 6 nitrogen and oxygen atoms in total. The van der Waals surface area contributed by atoms with E-state index in [4.69, 9.17) is 4.74 Å². The van der Waals surface area contributed by atoms with E-state index in [9.17, 15) is 18.0 Å². The van der Waals surface area contributed by atoms with Gasteiger partial charge in [-0.25, -0.2) is 4.68 Å². The van der Waals surface area contributed by atoms with Crippen molar-refractivity contribution in [1.82, 2.24) is 14.8 Å². The quantitative estimate of drug-likeness (QED) is 0.571. The van der Waals surface area contributed by atoms with Gasteiger partial charge in [0, 0.05) is 17.2 Å². The van der Waals surface area contributed by atoms with Crippen LogP contribution in [0, 0.1) is 5.92 Å². The molecule has 1 heterocycles. The summed E-state index contributed by atoms with van der Waals surface area (Å²) in [6.07, 6.45) is -4.60. The molecule has 3 aromatic rings. The van der Waals surface area contributed by atoms with Crippen LogP contribution in [-0.2, 0) is 11.0 Å². The number of aromatic nitrogens is 3. The molecule has 0 saturated heterocycles. The largest absolute Gasteiger partial charge is 0.460 e. The summed E-state index contributed by atoms with van der Waals surface area (Å²) in [4.78, 5) is 16.2. The second-order valence-electron chi connectivity index (χ2n) is 7.56. The highest BCUT2D eigenvalue weighted by Gasteiger charge is 2.30. The first-order valence-corrected chi connectivity index (χ1v) is 9.77. The minimum Gasteiger partial charge on any atom is -0.460 e. The molecule has 31 heavy (non-hydrogen) atoms. The van der Waals surface area contributed by atoms with Gasteiger partial charge in [-0.05, 0) is 50.2 Å². The number of hydrogen-bond donors (Lipinski definition) is 1. The van der Waals surface area contributed by atoms with Gasteiger partial charge in [0.05, 0.1) is 17.4 Å². The molecule has 1 aromatic heterocycles. The molecular formula is C22H23F3N4O2. The zero-order chi connectivity index (χ0) is 22.8. The van der Waals surface area contributed by atoms with Crippen LogP contribution in [0.25, 0.3) is 17.1 Å². The summed E-state index contributed by atoms with van der Waals surface area (Å²) in [6, 6.07) is 11.7. The number of carbonyl (C=O) groups is 1. The summed E-state index contributed by atoms with van der Waals surface area (Å²) in [7, 11) is 0. The zero-order valence-corrected chi connectivity index (χ0v) is 17.6. The van der Waals surface area contributed by atoms with Crippen molar-refractivity contribution in [2.45, 2.75) is 40.0 Å². The predicted octanol–water partition coefficient (Wildman–Crippen LogP) is 5.33. The summed E-state index contributed by atoms with van der Waals surface area (Å²) >= 11 is 0. The molecule has 0 bridgehead atoms. The van der Waals surface area contributed by atoms with E-state index in [1.165, 1.54) is 16.8 Å². The normalized spacial score (nSPS) is 11.8. The number of nitrogens with zero attached hydrogens (tertiary/aromatic N) is 3. The lowest BCUT2D eigenvalue weighted by Gasteiger charge is -2.10. The van der Waals surface area contributed by atoms with E-state index in [1.54, 1.807) is 38.1 Å². The average molecular weight is 432 g/mol. The molecule has 0 aliphatic carbocycles. The van der Waals surface area contributed by atoms with Gasteiger partial charge >= 0.3 is 12.2 Å². The lowest BCUT2D eigenvalue weighted by Crippen LogP contribution is -2.17. The Hall–Kier alpha value is -3.36. The molecule has 0 aliphatic heterocycles. The van der Waals surface area contributed by atoms with Crippen molar-refractivity contribution < 1.29 is 22.7 Å². The average Bonchev–Trinajstić information content (AvgIpc) is 3.11. The maximum atomic E-state index is 12.9. The zero-order valence-electron chi connectivity index (χ0n) is 17.6. The van der Waals surface area contributed by atoms with E-state index >= 15 is 0 Å². The number of nitrogens with one attached hydrogen (secondary N) is 1. The number of anilines is 1. The summed E-state index contributed by atoms with van der Waals surface area (Å²) in [5.41, 5.74) is 0.948. The number of alkyl halides is 3.